The van der Waals surface area contributed by atoms with Gasteiger partial charge in [-0.05, 0) is 42.0 Å². The molecule has 0 radical (unpaired) electrons. The fourth-order valence-electron chi connectivity index (χ4n) is 1.80. The van der Waals surface area contributed by atoms with Crippen molar-refractivity contribution < 1.29 is 17.9 Å². The van der Waals surface area contributed by atoms with Crippen LogP contribution in [0.4, 0.5) is 0 Å². The van der Waals surface area contributed by atoms with Crippen molar-refractivity contribution in [3.05, 3.63) is 59.1 Å². The third kappa shape index (κ3) is 5.23. The van der Waals surface area contributed by atoms with E-state index in [1.54, 1.807) is 24.3 Å². The van der Waals surface area contributed by atoms with Crippen LogP contribution in [0.5, 0.6) is 5.75 Å². The zero-order chi connectivity index (χ0) is 17.6. The maximum atomic E-state index is 12.3. The van der Waals surface area contributed by atoms with Gasteiger partial charge in [-0.1, -0.05) is 23.7 Å². The van der Waals surface area contributed by atoms with Crippen LogP contribution in [0.15, 0.2) is 53.4 Å². The lowest BCUT2D eigenvalue weighted by molar-refractivity contribution is -0.122. The molecule has 128 valence electrons. The van der Waals surface area contributed by atoms with E-state index >= 15 is 0 Å². The van der Waals surface area contributed by atoms with Gasteiger partial charge in [-0.15, -0.1) is 0 Å². The number of hydrogen-bond donors (Lipinski definition) is 2. The molecule has 24 heavy (non-hydrogen) atoms. The molecule has 2 aromatic carbocycles. The van der Waals surface area contributed by atoms with Gasteiger partial charge >= 0.3 is 0 Å². The molecule has 0 bridgehead atoms. The summed E-state index contributed by atoms with van der Waals surface area (Å²) in [6.45, 7) is 0.0336. The molecule has 2 N–H and O–H groups in total. The van der Waals surface area contributed by atoms with E-state index in [1.165, 1.54) is 31.3 Å². The Morgan fingerprint density at radius 1 is 1.08 bits per heavy atom. The lowest BCUT2D eigenvalue weighted by Gasteiger charge is -2.09. The Morgan fingerprint density at radius 2 is 1.71 bits per heavy atom. The minimum absolute atomic E-state index is 0.115. The van der Waals surface area contributed by atoms with Gasteiger partial charge in [-0.3, -0.25) is 4.79 Å². The molecular formula is C16H17ClN2O4S. The molecule has 6 nitrogen and oxygen atoms in total. The molecule has 1 amide bonds. The fraction of sp³-hybridized carbons (Fsp3) is 0.188. The highest BCUT2D eigenvalue weighted by Crippen LogP contribution is 2.16. The van der Waals surface area contributed by atoms with Crippen LogP contribution in [0.1, 0.15) is 5.56 Å². The summed E-state index contributed by atoms with van der Waals surface area (Å²) in [4.78, 5) is 11.2. The Balaban J connectivity index is 1.98. The van der Waals surface area contributed by atoms with E-state index in [-0.39, 0.29) is 24.0 Å². The third-order valence-corrected chi connectivity index (χ3v) is 4.83. The number of likely N-dealkylation sites (N-methyl/N-ethyl adjacent to an activating group) is 1. The zero-order valence-electron chi connectivity index (χ0n) is 13.0. The highest BCUT2D eigenvalue weighted by atomic mass is 35.5. The number of rotatable bonds is 7. The van der Waals surface area contributed by atoms with Gasteiger partial charge in [0.25, 0.3) is 5.91 Å². The summed E-state index contributed by atoms with van der Waals surface area (Å²) >= 11 is 5.79. The van der Waals surface area contributed by atoms with Crippen molar-refractivity contribution in [3.8, 4) is 5.75 Å². The predicted molar refractivity (Wildman–Crippen MR) is 91.5 cm³/mol. The summed E-state index contributed by atoms with van der Waals surface area (Å²) in [5.74, 6) is 0.145. The average Bonchev–Trinajstić information content (AvgIpc) is 2.59. The molecule has 0 atom stereocenters. The second-order valence-electron chi connectivity index (χ2n) is 4.88. The Hall–Kier alpha value is -2.09. The molecule has 0 aromatic heterocycles. The number of ether oxygens (including phenoxy) is 1. The van der Waals surface area contributed by atoms with Gasteiger partial charge in [0.2, 0.25) is 10.0 Å². The van der Waals surface area contributed by atoms with Crippen LogP contribution in [0.2, 0.25) is 5.02 Å². The molecule has 0 saturated carbocycles. The standard InChI is InChI=1S/C16H17ClN2O4S/c1-18-16(20)11-23-14-6-8-15(9-7-14)24(21,22)19-10-12-2-4-13(17)5-3-12/h2-9,19H,10-11H2,1H3,(H,18,20). The topological polar surface area (TPSA) is 84.5 Å². The number of carbonyl (C=O) groups excluding carboxylic acids is 1. The van der Waals surface area contributed by atoms with Gasteiger partial charge in [0.1, 0.15) is 5.75 Å². The molecule has 0 aliphatic heterocycles. The van der Waals surface area contributed by atoms with E-state index in [2.05, 4.69) is 10.0 Å². The Labute approximate surface area is 145 Å². The normalized spacial score (nSPS) is 11.1. The summed E-state index contributed by atoms with van der Waals surface area (Å²) in [5.41, 5.74) is 0.800. The molecule has 0 heterocycles. The summed E-state index contributed by atoms with van der Waals surface area (Å²) < 4.78 is 32.2. The Kier molecular flexibility index (Phi) is 6.19. The van der Waals surface area contributed by atoms with Crippen molar-refractivity contribution in [3.63, 3.8) is 0 Å². The van der Waals surface area contributed by atoms with Gasteiger partial charge in [0.15, 0.2) is 6.61 Å². The molecule has 0 aliphatic rings. The van der Waals surface area contributed by atoms with E-state index in [0.29, 0.717) is 10.8 Å². The summed E-state index contributed by atoms with van der Waals surface area (Å²) in [6.07, 6.45) is 0. The minimum Gasteiger partial charge on any atom is -0.484 e. The van der Waals surface area contributed by atoms with E-state index in [4.69, 9.17) is 16.3 Å². The maximum absolute atomic E-state index is 12.3. The van der Waals surface area contributed by atoms with Crippen LogP contribution < -0.4 is 14.8 Å². The Morgan fingerprint density at radius 3 is 2.29 bits per heavy atom. The van der Waals surface area contributed by atoms with E-state index in [1.807, 2.05) is 0 Å². The molecule has 0 unspecified atom stereocenters. The first kappa shape index (κ1) is 18.3. The molecule has 8 heteroatoms. The maximum Gasteiger partial charge on any atom is 0.257 e. The first-order valence-corrected chi connectivity index (χ1v) is 8.94. The molecule has 2 aromatic rings. The van der Waals surface area contributed by atoms with Crippen molar-refractivity contribution in [1.82, 2.24) is 10.0 Å². The lowest BCUT2D eigenvalue weighted by atomic mass is 10.2. The molecule has 0 saturated heterocycles. The van der Waals surface area contributed by atoms with Gasteiger partial charge in [-0.25, -0.2) is 13.1 Å². The highest BCUT2D eigenvalue weighted by Gasteiger charge is 2.13. The van der Waals surface area contributed by atoms with Crippen molar-refractivity contribution in [2.75, 3.05) is 13.7 Å². The molecular weight excluding hydrogens is 352 g/mol. The highest BCUT2D eigenvalue weighted by molar-refractivity contribution is 7.89. The third-order valence-electron chi connectivity index (χ3n) is 3.16. The lowest BCUT2D eigenvalue weighted by Crippen LogP contribution is -2.25. The number of sulfonamides is 1. The number of nitrogens with one attached hydrogen (secondary N) is 2. The number of amides is 1. The minimum atomic E-state index is -3.64. The molecule has 0 spiro atoms. The van der Waals surface area contributed by atoms with E-state index in [0.717, 1.165) is 5.56 Å². The first-order valence-electron chi connectivity index (χ1n) is 7.08. The van der Waals surface area contributed by atoms with Crippen molar-refractivity contribution in [2.45, 2.75) is 11.4 Å². The zero-order valence-corrected chi connectivity index (χ0v) is 14.5. The Bertz CT molecular complexity index is 790. The van der Waals surface area contributed by atoms with Gasteiger partial charge in [0, 0.05) is 18.6 Å². The SMILES string of the molecule is CNC(=O)COc1ccc(S(=O)(=O)NCc2ccc(Cl)cc2)cc1. The average molecular weight is 369 g/mol. The van der Waals surface area contributed by atoms with Crippen LogP contribution in [0.3, 0.4) is 0 Å². The molecule has 0 aliphatic carbocycles. The van der Waals surface area contributed by atoms with Gasteiger partial charge in [0.05, 0.1) is 4.90 Å². The van der Waals surface area contributed by atoms with Crippen LogP contribution >= 0.6 is 11.6 Å². The number of halogens is 1. The summed E-state index contributed by atoms with van der Waals surface area (Å²) in [6, 6.07) is 12.7. The quantitative estimate of drug-likeness (QED) is 0.782. The smallest absolute Gasteiger partial charge is 0.257 e. The second-order valence-corrected chi connectivity index (χ2v) is 7.09. The number of carbonyl (C=O) groups is 1. The number of benzene rings is 2. The van der Waals surface area contributed by atoms with Gasteiger partial charge in [-0.2, -0.15) is 0 Å². The van der Waals surface area contributed by atoms with Crippen molar-refractivity contribution in [1.29, 1.82) is 0 Å². The largest absolute Gasteiger partial charge is 0.484 e. The predicted octanol–water partition coefficient (Wildman–Crippen LogP) is 1.94. The van der Waals surface area contributed by atoms with Crippen LogP contribution in [-0.2, 0) is 21.4 Å². The second kappa shape index (κ2) is 8.14. The van der Waals surface area contributed by atoms with Crippen LogP contribution in [0.25, 0.3) is 0 Å². The van der Waals surface area contributed by atoms with E-state index < -0.39 is 10.0 Å². The van der Waals surface area contributed by atoms with E-state index in [9.17, 15) is 13.2 Å². The summed E-state index contributed by atoms with van der Waals surface area (Å²) in [7, 11) is -2.13. The van der Waals surface area contributed by atoms with Gasteiger partial charge < -0.3 is 10.1 Å². The van der Waals surface area contributed by atoms with Crippen molar-refractivity contribution >= 4 is 27.5 Å². The first-order chi connectivity index (χ1) is 11.4. The van der Waals surface area contributed by atoms with Crippen molar-refractivity contribution in [2.24, 2.45) is 0 Å². The summed E-state index contributed by atoms with van der Waals surface area (Å²) in [5, 5.41) is 3.02. The number of hydrogen-bond acceptors (Lipinski definition) is 4. The van der Waals surface area contributed by atoms with Crippen LogP contribution in [0, 0.1) is 0 Å². The van der Waals surface area contributed by atoms with Crippen LogP contribution in [-0.4, -0.2) is 28.0 Å². The monoisotopic (exact) mass is 368 g/mol. The molecule has 2 rings (SSSR count). The fourth-order valence-corrected chi connectivity index (χ4v) is 2.94. The molecule has 0 fully saturated rings.